The van der Waals surface area contributed by atoms with Gasteiger partial charge >= 0.3 is 0 Å². The molecule has 0 bridgehead atoms. The maximum atomic E-state index is 12.7. The van der Waals surface area contributed by atoms with Crippen molar-refractivity contribution in [3.63, 3.8) is 0 Å². The number of nitrogens with zero attached hydrogens (tertiary/aromatic N) is 1. The number of amides is 1. The average molecular weight is 330 g/mol. The Labute approximate surface area is 141 Å². The van der Waals surface area contributed by atoms with Gasteiger partial charge in [-0.05, 0) is 61.0 Å². The SMILES string of the molecule is COc1ccc(N(Cc2cccs2)C(=O)CNCC2CC2)cc1. The van der Waals surface area contributed by atoms with Gasteiger partial charge in [0.15, 0.2) is 0 Å². The van der Waals surface area contributed by atoms with Crippen molar-refractivity contribution in [2.45, 2.75) is 19.4 Å². The highest BCUT2D eigenvalue weighted by Crippen LogP contribution is 2.27. The highest BCUT2D eigenvalue weighted by atomic mass is 32.1. The van der Waals surface area contributed by atoms with Crippen LogP contribution in [0.3, 0.4) is 0 Å². The predicted molar refractivity (Wildman–Crippen MR) is 94.1 cm³/mol. The quantitative estimate of drug-likeness (QED) is 0.807. The van der Waals surface area contributed by atoms with E-state index in [1.165, 1.54) is 17.7 Å². The van der Waals surface area contributed by atoms with Crippen molar-refractivity contribution in [1.82, 2.24) is 5.32 Å². The molecule has 0 saturated heterocycles. The zero-order valence-electron chi connectivity index (χ0n) is 13.3. The van der Waals surface area contributed by atoms with Crippen molar-refractivity contribution in [2.75, 3.05) is 25.1 Å². The van der Waals surface area contributed by atoms with Gasteiger partial charge < -0.3 is 15.0 Å². The van der Waals surface area contributed by atoms with E-state index in [0.29, 0.717) is 13.1 Å². The van der Waals surface area contributed by atoms with E-state index in [4.69, 9.17) is 4.74 Å². The van der Waals surface area contributed by atoms with E-state index in [0.717, 1.165) is 23.9 Å². The average Bonchev–Trinajstić information content (AvgIpc) is 3.26. The van der Waals surface area contributed by atoms with Crippen molar-refractivity contribution >= 4 is 22.9 Å². The van der Waals surface area contributed by atoms with Gasteiger partial charge in [0, 0.05) is 10.6 Å². The fourth-order valence-electron chi connectivity index (χ4n) is 2.44. The molecule has 122 valence electrons. The number of carbonyl (C=O) groups excluding carboxylic acids is 1. The van der Waals surface area contributed by atoms with Gasteiger partial charge in [0.25, 0.3) is 0 Å². The first-order chi connectivity index (χ1) is 11.3. The third-order valence-electron chi connectivity index (χ3n) is 3.99. The highest BCUT2D eigenvalue weighted by molar-refractivity contribution is 7.09. The molecule has 1 aliphatic carbocycles. The molecule has 1 aromatic heterocycles. The number of methoxy groups -OCH3 is 1. The van der Waals surface area contributed by atoms with Crippen LogP contribution in [0.1, 0.15) is 17.7 Å². The monoisotopic (exact) mass is 330 g/mol. The van der Waals surface area contributed by atoms with Crippen LogP contribution in [-0.2, 0) is 11.3 Å². The zero-order valence-corrected chi connectivity index (χ0v) is 14.1. The summed E-state index contributed by atoms with van der Waals surface area (Å²) in [6.45, 7) is 1.93. The number of nitrogens with one attached hydrogen (secondary N) is 1. The number of anilines is 1. The first-order valence-corrected chi connectivity index (χ1v) is 8.82. The summed E-state index contributed by atoms with van der Waals surface area (Å²) in [5.74, 6) is 1.67. The van der Waals surface area contributed by atoms with Gasteiger partial charge in [0.1, 0.15) is 5.75 Å². The van der Waals surface area contributed by atoms with Gasteiger partial charge in [-0.2, -0.15) is 0 Å². The Kier molecular flexibility index (Phi) is 5.31. The molecule has 0 radical (unpaired) electrons. The Balaban J connectivity index is 1.69. The molecule has 1 aliphatic rings. The number of hydrogen-bond donors (Lipinski definition) is 1. The number of benzene rings is 1. The zero-order chi connectivity index (χ0) is 16.1. The lowest BCUT2D eigenvalue weighted by atomic mass is 10.2. The molecule has 0 atom stereocenters. The topological polar surface area (TPSA) is 41.6 Å². The molecular formula is C18H22N2O2S. The third-order valence-corrected chi connectivity index (χ3v) is 4.85. The molecule has 2 aromatic rings. The van der Waals surface area contributed by atoms with Crippen LogP contribution in [0.25, 0.3) is 0 Å². The van der Waals surface area contributed by atoms with Crippen molar-refractivity contribution in [3.8, 4) is 5.75 Å². The van der Waals surface area contributed by atoms with Crippen molar-refractivity contribution in [2.24, 2.45) is 5.92 Å². The van der Waals surface area contributed by atoms with E-state index < -0.39 is 0 Å². The molecule has 1 amide bonds. The Bertz CT molecular complexity index is 621. The summed E-state index contributed by atoms with van der Waals surface area (Å²) >= 11 is 1.67. The summed E-state index contributed by atoms with van der Waals surface area (Å²) in [6, 6.07) is 11.7. The van der Waals surface area contributed by atoms with Crippen molar-refractivity contribution in [3.05, 3.63) is 46.7 Å². The Hall–Kier alpha value is -1.85. The first-order valence-electron chi connectivity index (χ1n) is 7.94. The molecule has 3 rings (SSSR count). The molecule has 1 heterocycles. The number of carbonyl (C=O) groups is 1. The molecule has 5 heteroatoms. The molecule has 1 N–H and O–H groups in total. The van der Waals surface area contributed by atoms with Crippen LogP contribution in [0.2, 0.25) is 0 Å². The highest BCUT2D eigenvalue weighted by Gasteiger charge is 2.22. The second kappa shape index (κ2) is 7.62. The lowest BCUT2D eigenvalue weighted by Gasteiger charge is -2.23. The van der Waals surface area contributed by atoms with Gasteiger partial charge in [-0.25, -0.2) is 0 Å². The first kappa shape index (κ1) is 16.0. The molecule has 1 saturated carbocycles. The van der Waals surface area contributed by atoms with E-state index in [1.54, 1.807) is 18.4 Å². The fourth-order valence-corrected chi connectivity index (χ4v) is 3.14. The molecule has 4 nitrogen and oxygen atoms in total. The number of rotatable bonds is 8. The maximum absolute atomic E-state index is 12.7. The Morgan fingerprint density at radius 2 is 2.09 bits per heavy atom. The van der Waals surface area contributed by atoms with Gasteiger partial charge in [-0.3, -0.25) is 4.79 Å². The molecule has 23 heavy (non-hydrogen) atoms. The van der Waals surface area contributed by atoms with E-state index in [1.807, 2.05) is 40.6 Å². The molecular weight excluding hydrogens is 308 g/mol. The predicted octanol–water partition coefficient (Wildman–Crippen LogP) is 3.29. The maximum Gasteiger partial charge on any atom is 0.241 e. The van der Waals surface area contributed by atoms with Crippen molar-refractivity contribution < 1.29 is 9.53 Å². The minimum absolute atomic E-state index is 0.101. The van der Waals surface area contributed by atoms with Crippen LogP contribution < -0.4 is 15.0 Å². The standard InChI is InChI=1S/C18H22N2O2S/c1-22-16-8-6-15(7-9-16)20(13-17-3-2-10-23-17)18(21)12-19-11-14-4-5-14/h2-3,6-10,14,19H,4-5,11-13H2,1H3. The Morgan fingerprint density at radius 3 is 2.70 bits per heavy atom. The fraction of sp³-hybridized carbons (Fsp3) is 0.389. The molecule has 1 fully saturated rings. The van der Waals surface area contributed by atoms with Crippen LogP contribution in [0.15, 0.2) is 41.8 Å². The summed E-state index contributed by atoms with van der Waals surface area (Å²) < 4.78 is 5.20. The number of ether oxygens (including phenoxy) is 1. The van der Waals surface area contributed by atoms with Gasteiger partial charge in [-0.1, -0.05) is 6.07 Å². The second-order valence-electron chi connectivity index (χ2n) is 5.83. The van der Waals surface area contributed by atoms with Crippen molar-refractivity contribution in [1.29, 1.82) is 0 Å². The molecule has 0 unspecified atom stereocenters. The molecule has 1 aromatic carbocycles. The largest absolute Gasteiger partial charge is 0.497 e. The summed E-state index contributed by atoms with van der Waals surface area (Å²) in [5, 5.41) is 5.33. The van der Waals surface area contributed by atoms with Gasteiger partial charge in [0.05, 0.1) is 20.2 Å². The normalized spacial score (nSPS) is 13.8. The van der Waals surface area contributed by atoms with E-state index in [-0.39, 0.29) is 5.91 Å². The lowest BCUT2D eigenvalue weighted by molar-refractivity contribution is -0.117. The minimum Gasteiger partial charge on any atom is -0.497 e. The van der Waals surface area contributed by atoms with Crippen LogP contribution in [0.4, 0.5) is 5.69 Å². The van der Waals surface area contributed by atoms with E-state index >= 15 is 0 Å². The minimum atomic E-state index is 0.101. The Morgan fingerprint density at radius 1 is 1.30 bits per heavy atom. The van der Waals surface area contributed by atoms with Crippen LogP contribution >= 0.6 is 11.3 Å². The number of hydrogen-bond acceptors (Lipinski definition) is 4. The van der Waals surface area contributed by atoms with E-state index in [2.05, 4.69) is 11.4 Å². The summed E-state index contributed by atoms with van der Waals surface area (Å²) in [5.41, 5.74) is 0.900. The van der Waals surface area contributed by atoms with E-state index in [9.17, 15) is 4.79 Å². The number of thiophene rings is 1. The van der Waals surface area contributed by atoms with Crippen LogP contribution in [0.5, 0.6) is 5.75 Å². The summed E-state index contributed by atoms with van der Waals surface area (Å²) in [6.07, 6.45) is 2.58. The molecule has 0 aliphatic heterocycles. The second-order valence-corrected chi connectivity index (χ2v) is 6.86. The summed E-state index contributed by atoms with van der Waals surface area (Å²) in [7, 11) is 1.64. The smallest absolute Gasteiger partial charge is 0.241 e. The lowest BCUT2D eigenvalue weighted by Crippen LogP contribution is -2.38. The third kappa shape index (κ3) is 4.56. The summed E-state index contributed by atoms with van der Waals surface area (Å²) in [4.78, 5) is 15.7. The van der Waals surface area contributed by atoms with Gasteiger partial charge in [0.2, 0.25) is 5.91 Å². The van der Waals surface area contributed by atoms with Crippen LogP contribution in [0, 0.1) is 5.92 Å². The van der Waals surface area contributed by atoms with Gasteiger partial charge in [-0.15, -0.1) is 11.3 Å². The molecule has 0 spiro atoms. The van der Waals surface area contributed by atoms with Crippen LogP contribution in [-0.4, -0.2) is 26.1 Å².